The third kappa shape index (κ3) is 2.96. The Labute approximate surface area is 126 Å². The van der Waals surface area contributed by atoms with Gasteiger partial charge in [-0.3, -0.25) is 5.84 Å². The van der Waals surface area contributed by atoms with Crippen molar-refractivity contribution in [3.05, 3.63) is 68.0 Å². The minimum absolute atomic E-state index is 0.132. The lowest BCUT2D eigenvalue weighted by Crippen LogP contribution is -2.30. The van der Waals surface area contributed by atoms with E-state index in [1.165, 1.54) is 21.3 Å². The number of benzene rings is 2. The van der Waals surface area contributed by atoms with Crippen LogP contribution in [-0.2, 0) is 0 Å². The van der Waals surface area contributed by atoms with Gasteiger partial charge >= 0.3 is 0 Å². The van der Waals surface area contributed by atoms with Crippen LogP contribution in [0.5, 0.6) is 0 Å². The summed E-state index contributed by atoms with van der Waals surface area (Å²) < 4.78 is 14.4. The summed E-state index contributed by atoms with van der Waals surface area (Å²) >= 11 is 2.32. The van der Waals surface area contributed by atoms with E-state index >= 15 is 0 Å². The van der Waals surface area contributed by atoms with Crippen LogP contribution >= 0.6 is 22.6 Å². The number of halogens is 2. The quantitative estimate of drug-likeness (QED) is 0.492. The maximum Gasteiger partial charge on any atom is 0.123 e. The van der Waals surface area contributed by atoms with Crippen LogP contribution in [0, 0.1) is 23.2 Å². The molecule has 3 N–H and O–H groups in total. The molecule has 1 unspecified atom stereocenters. The van der Waals surface area contributed by atoms with Gasteiger partial charge in [0.2, 0.25) is 0 Å². The highest BCUT2D eigenvalue weighted by Crippen LogP contribution is 2.29. The molecule has 0 fully saturated rings. The molecule has 0 aromatic heterocycles. The largest absolute Gasteiger partial charge is 0.271 e. The van der Waals surface area contributed by atoms with Crippen LogP contribution in [0.15, 0.2) is 36.4 Å². The molecule has 0 spiro atoms. The van der Waals surface area contributed by atoms with E-state index in [1.54, 1.807) is 6.07 Å². The molecule has 0 aliphatic rings. The summed E-state index contributed by atoms with van der Waals surface area (Å²) in [5.41, 5.74) is 7.03. The molecule has 100 valence electrons. The van der Waals surface area contributed by atoms with E-state index < -0.39 is 0 Å². The summed E-state index contributed by atoms with van der Waals surface area (Å²) in [6.07, 6.45) is 0. The topological polar surface area (TPSA) is 38.0 Å². The standard InChI is InChI=1S/C15H16FIN2/c1-9-4-3-5-13(14(9)17)15(19-18)12-7-6-11(16)8-10(12)2/h3-8,15,19H,18H2,1-2H3. The molecule has 2 aromatic rings. The predicted molar refractivity (Wildman–Crippen MR) is 84.2 cm³/mol. The first-order valence-corrected chi connectivity index (χ1v) is 7.09. The highest BCUT2D eigenvalue weighted by atomic mass is 127. The summed E-state index contributed by atoms with van der Waals surface area (Å²) in [6.45, 7) is 3.96. The van der Waals surface area contributed by atoms with E-state index in [4.69, 9.17) is 5.84 Å². The molecule has 0 bridgehead atoms. The Morgan fingerprint density at radius 1 is 1.11 bits per heavy atom. The molecule has 19 heavy (non-hydrogen) atoms. The fourth-order valence-corrected chi connectivity index (χ4v) is 2.87. The van der Waals surface area contributed by atoms with Crippen LogP contribution in [0.2, 0.25) is 0 Å². The van der Waals surface area contributed by atoms with Crippen molar-refractivity contribution >= 4 is 22.6 Å². The number of hydrogen-bond acceptors (Lipinski definition) is 2. The lowest BCUT2D eigenvalue weighted by Gasteiger charge is -2.21. The van der Waals surface area contributed by atoms with Crippen LogP contribution in [-0.4, -0.2) is 0 Å². The molecule has 0 saturated heterocycles. The molecule has 0 amide bonds. The van der Waals surface area contributed by atoms with Gasteiger partial charge in [0.05, 0.1) is 6.04 Å². The maximum absolute atomic E-state index is 13.2. The van der Waals surface area contributed by atoms with Gasteiger partial charge in [0.1, 0.15) is 5.82 Å². The van der Waals surface area contributed by atoms with Gasteiger partial charge in [0, 0.05) is 3.57 Å². The van der Waals surface area contributed by atoms with Gasteiger partial charge in [0.15, 0.2) is 0 Å². The zero-order chi connectivity index (χ0) is 14.0. The Kier molecular flexibility index (Phi) is 4.54. The predicted octanol–water partition coefficient (Wildman–Crippen LogP) is 3.60. The Morgan fingerprint density at radius 3 is 2.47 bits per heavy atom. The number of aryl methyl sites for hydroxylation is 2. The molecular weight excluding hydrogens is 354 g/mol. The second kappa shape index (κ2) is 5.98. The van der Waals surface area contributed by atoms with Crippen molar-refractivity contribution in [2.75, 3.05) is 0 Å². The Bertz CT molecular complexity index is 599. The average molecular weight is 370 g/mol. The molecule has 0 aliphatic carbocycles. The van der Waals surface area contributed by atoms with Crippen LogP contribution in [0.3, 0.4) is 0 Å². The smallest absolute Gasteiger partial charge is 0.123 e. The maximum atomic E-state index is 13.2. The lowest BCUT2D eigenvalue weighted by atomic mass is 9.94. The normalized spacial score (nSPS) is 12.5. The van der Waals surface area contributed by atoms with E-state index in [-0.39, 0.29) is 11.9 Å². The number of nitrogens with one attached hydrogen (secondary N) is 1. The van der Waals surface area contributed by atoms with Gasteiger partial charge in [-0.05, 0) is 70.8 Å². The molecule has 0 heterocycles. The number of rotatable bonds is 3. The first-order chi connectivity index (χ1) is 9.04. The van der Waals surface area contributed by atoms with Gasteiger partial charge in [-0.1, -0.05) is 24.3 Å². The van der Waals surface area contributed by atoms with Crippen LogP contribution in [0.25, 0.3) is 0 Å². The molecule has 1 atom stereocenters. The molecule has 2 rings (SSSR count). The molecule has 2 aromatic carbocycles. The number of hydrogen-bond donors (Lipinski definition) is 2. The van der Waals surface area contributed by atoms with E-state index in [0.717, 1.165) is 16.7 Å². The summed E-state index contributed by atoms with van der Waals surface area (Å²) in [6, 6.07) is 10.8. The SMILES string of the molecule is Cc1cc(F)ccc1C(NN)c1cccc(C)c1I. The summed E-state index contributed by atoms with van der Waals surface area (Å²) in [7, 11) is 0. The lowest BCUT2D eigenvalue weighted by molar-refractivity contribution is 0.610. The fraction of sp³-hybridized carbons (Fsp3) is 0.200. The number of nitrogens with two attached hydrogens (primary N) is 1. The Balaban J connectivity index is 2.53. The molecule has 0 saturated carbocycles. The van der Waals surface area contributed by atoms with Gasteiger partial charge in [-0.25, -0.2) is 9.82 Å². The van der Waals surface area contributed by atoms with Crippen molar-refractivity contribution < 1.29 is 4.39 Å². The Morgan fingerprint density at radius 2 is 1.84 bits per heavy atom. The van der Waals surface area contributed by atoms with E-state index in [9.17, 15) is 4.39 Å². The minimum atomic E-state index is -0.226. The van der Waals surface area contributed by atoms with Crippen molar-refractivity contribution in [1.29, 1.82) is 0 Å². The molecular formula is C15H16FIN2. The van der Waals surface area contributed by atoms with Gasteiger partial charge < -0.3 is 0 Å². The van der Waals surface area contributed by atoms with Crippen molar-refractivity contribution in [2.24, 2.45) is 5.84 Å². The van der Waals surface area contributed by atoms with Gasteiger partial charge in [-0.2, -0.15) is 0 Å². The minimum Gasteiger partial charge on any atom is -0.271 e. The highest BCUT2D eigenvalue weighted by molar-refractivity contribution is 14.1. The molecule has 0 aliphatic heterocycles. The van der Waals surface area contributed by atoms with Crippen molar-refractivity contribution in [1.82, 2.24) is 5.43 Å². The van der Waals surface area contributed by atoms with Crippen LogP contribution in [0.4, 0.5) is 4.39 Å². The first kappa shape index (κ1) is 14.4. The molecule has 4 heteroatoms. The third-order valence-electron chi connectivity index (χ3n) is 3.24. The van der Waals surface area contributed by atoms with Gasteiger partial charge in [-0.15, -0.1) is 0 Å². The average Bonchev–Trinajstić information content (AvgIpc) is 2.37. The molecule has 2 nitrogen and oxygen atoms in total. The second-order valence-corrected chi connectivity index (χ2v) is 5.66. The van der Waals surface area contributed by atoms with Crippen molar-refractivity contribution in [3.8, 4) is 0 Å². The van der Waals surface area contributed by atoms with E-state index in [0.29, 0.717) is 0 Å². The molecule has 0 radical (unpaired) electrons. The van der Waals surface area contributed by atoms with Crippen molar-refractivity contribution in [2.45, 2.75) is 19.9 Å². The first-order valence-electron chi connectivity index (χ1n) is 6.01. The monoisotopic (exact) mass is 370 g/mol. The van der Waals surface area contributed by atoms with Gasteiger partial charge in [0.25, 0.3) is 0 Å². The zero-order valence-corrected chi connectivity index (χ0v) is 13.0. The Hall–Kier alpha value is -0.980. The highest BCUT2D eigenvalue weighted by Gasteiger charge is 2.18. The third-order valence-corrected chi connectivity index (χ3v) is 4.72. The van der Waals surface area contributed by atoms with Crippen LogP contribution in [0.1, 0.15) is 28.3 Å². The fourth-order valence-electron chi connectivity index (χ4n) is 2.20. The summed E-state index contributed by atoms with van der Waals surface area (Å²) in [5.74, 6) is 5.49. The summed E-state index contributed by atoms with van der Waals surface area (Å²) in [5, 5.41) is 0. The number of hydrazine groups is 1. The second-order valence-electron chi connectivity index (χ2n) is 4.58. The summed E-state index contributed by atoms with van der Waals surface area (Å²) in [4.78, 5) is 0. The van der Waals surface area contributed by atoms with E-state index in [1.807, 2.05) is 19.1 Å². The zero-order valence-electron chi connectivity index (χ0n) is 10.9. The van der Waals surface area contributed by atoms with Crippen molar-refractivity contribution in [3.63, 3.8) is 0 Å². The van der Waals surface area contributed by atoms with E-state index in [2.05, 4.69) is 41.0 Å². The van der Waals surface area contributed by atoms with Crippen LogP contribution < -0.4 is 11.3 Å².